The molecule has 2 aromatic carbocycles. The molecule has 6 nitrogen and oxygen atoms in total. The first-order valence-electron chi connectivity index (χ1n) is 12.0. The summed E-state index contributed by atoms with van der Waals surface area (Å²) in [6, 6.07) is 16.2. The van der Waals surface area contributed by atoms with Crippen LogP contribution in [0.15, 0.2) is 61.2 Å². The number of carbonyl (C=O) groups is 1. The van der Waals surface area contributed by atoms with E-state index in [2.05, 4.69) is 47.7 Å². The summed E-state index contributed by atoms with van der Waals surface area (Å²) in [5.74, 6) is 0.349. The van der Waals surface area contributed by atoms with Gasteiger partial charge in [0, 0.05) is 63.5 Å². The smallest absolute Gasteiger partial charge is 0.253 e. The summed E-state index contributed by atoms with van der Waals surface area (Å²) in [5.41, 5.74) is 2.85. The number of hydrogen-bond acceptors (Lipinski definition) is 5. The number of amides is 1. The molecule has 2 saturated heterocycles. The van der Waals surface area contributed by atoms with Crippen molar-refractivity contribution in [3.05, 3.63) is 77.9 Å². The van der Waals surface area contributed by atoms with Crippen LogP contribution in [0.4, 0.5) is 0 Å². The summed E-state index contributed by atoms with van der Waals surface area (Å²) in [7, 11) is 0. The average Bonchev–Trinajstić information content (AvgIpc) is 2.83. The number of aromatic hydroxyl groups is 1. The first-order chi connectivity index (χ1) is 16.0. The monoisotopic (exact) mass is 448 g/mol. The SMILES string of the molecule is C=CCN1C[C@H](C)N([C@@H](c2cccc(O)c2)c2cccc(C(=O)N3CCNCC3)c2)C[C@H]1C. The van der Waals surface area contributed by atoms with E-state index in [4.69, 9.17) is 0 Å². The molecule has 3 atom stereocenters. The van der Waals surface area contributed by atoms with E-state index in [-0.39, 0.29) is 17.7 Å². The van der Waals surface area contributed by atoms with Crippen LogP contribution in [0.25, 0.3) is 0 Å². The van der Waals surface area contributed by atoms with Gasteiger partial charge in [0.15, 0.2) is 0 Å². The lowest BCUT2D eigenvalue weighted by atomic mass is 9.92. The van der Waals surface area contributed by atoms with Gasteiger partial charge < -0.3 is 15.3 Å². The Morgan fingerprint density at radius 3 is 2.48 bits per heavy atom. The molecular weight excluding hydrogens is 412 g/mol. The van der Waals surface area contributed by atoms with Crippen LogP contribution in [-0.2, 0) is 0 Å². The zero-order chi connectivity index (χ0) is 23.4. The number of piperazine rings is 2. The maximum absolute atomic E-state index is 13.2. The fourth-order valence-electron chi connectivity index (χ4n) is 5.17. The van der Waals surface area contributed by atoms with Gasteiger partial charge in [-0.05, 0) is 49.2 Å². The topological polar surface area (TPSA) is 59.1 Å². The fourth-order valence-corrected chi connectivity index (χ4v) is 5.17. The third-order valence-electron chi connectivity index (χ3n) is 6.90. The summed E-state index contributed by atoms with van der Waals surface area (Å²) in [5, 5.41) is 13.6. The number of benzene rings is 2. The van der Waals surface area contributed by atoms with E-state index >= 15 is 0 Å². The molecule has 2 heterocycles. The number of carbonyl (C=O) groups excluding carboxylic acids is 1. The molecule has 6 heteroatoms. The van der Waals surface area contributed by atoms with Crippen molar-refractivity contribution in [1.82, 2.24) is 20.0 Å². The van der Waals surface area contributed by atoms with Gasteiger partial charge in [-0.25, -0.2) is 0 Å². The number of nitrogens with one attached hydrogen (secondary N) is 1. The Morgan fingerprint density at radius 2 is 1.79 bits per heavy atom. The molecule has 1 amide bonds. The van der Waals surface area contributed by atoms with E-state index in [0.717, 1.165) is 62.5 Å². The van der Waals surface area contributed by atoms with Crippen molar-refractivity contribution >= 4 is 5.91 Å². The van der Waals surface area contributed by atoms with Crippen LogP contribution in [0.1, 0.15) is 41.4 Å². The Hall–Kier alpha value is -2.67. The summed E-state index contributed by atoms with van der Waals surface area (Å²) in [4.78, 5) is 20.1. The van der Waals surface area contributed by atoms with Crippen LogP contribution in [0, 0.1) is 0 Å². The Labute approximate surface area is 197 Å². The van der Waals surface area contributed by atoms with Crippen molar-refractivity contribution in [3.8, 4) is 5.75 Å². The van der Waals surface area contributed by atoms with E-state index in [1.165, 1.54) is 0 Å². The van der Waals surface area contributed by atoms with E-state index in [0.29, 0.717) is 12.1 Å². The molecule has 0 bridgehead atoms. The number of hydrogen-bond donors (Lipinski definition) is 2. The van der Waals surface area contributed by atoms with E-state index < -0.39 is 0 Å². The average molecular weight is 449 g/mol. The largest absolute Gasteiger partial charge is 0.508 e. The van der Waals surface area contributed by atoms with Crippen molar-refractivity contribution in [2.75, 3.05) is 45.8 Å². The van der Waals surface area contributed by atoms with Gasteiger partial charge >= 0.3 is 0 Å². The predicted molar refractivity (Wildman–Crippen MR) is 133 cm³/mol. The molecule has 0 unspecified atom stereocenters. The van der Waals surface area contributed by atoms with Crippen molar-refractivity contribution in [1.29, 1.82) is 0 Å². The molecule has 4 rings (SSSR count). The molecule has 2 aliphatic rings. The minimum Gasteiger partial charge on any atom is -0.508 e. The van der Waals surface area contributed by atoms with Gasteiger partial charge in [-0.3, -0.25) is 14.6 Å². The van der Waals surface area contributed by atoms with Gasteiger partial charge in [-0.2, -0.15) is 0 Å². The third kappa shape index (κ3) is 5.29. The molecule has 2 fully saturated rings. The van der Waals surface area contributed by atoms with Gasteiger partial charge in [-0.15, -0.1) is 6.58 Å². The van der Waals surface area contributed by atoms with E-state index in [9.17, 15) is 9.90 Å². The van der Waals surface area contributed by atoms with Gasteiger partial charge in [0.25, 0.3) is 5.91 Å². The third-order valence-corrected chi connectivity index (χ3v) is 6.90. The van der Waals surface area contributed by atoms with Gasteiger partial charge in [0.1, 0.15) is 5.75 Å². The lowest BCUT2D eigenvalue weighted by Gasteiger charge is -2.47. The maximum atomic E-state index is 13.2. The van der Waals surface area contributed by atoms with Crippen molar-refractivity contribution < 1.29 is 9.90 Å². The van der Waals surface area contributed by atoms with Crippen LogP contribution in [0.2, 0.25) is 0 Å². The summed E-state index contributed by atoms with van der Waals surface area (Å²) < 4.78 is 0. The second-order valence-corrected chi connectivity index (χ2v) is 9.30. The number of phenols is 1. The maximum Gasteiger partial charge on any atom is 0.253 e. The lowest BCUT2D eigenvalue weighted by molar-refractivity contribution is 0.0306. The summed E-state index contributed by atoms with van der Waals surface area (Å²) in [6.45, 7) is 14.3. The second-order valence-electron chi connectivity index (χ2n) is 9.30. The normalized spacial score (nSPS) is 23.3. The zero-order valence-corrected chi connectivity index (χ0v) is 19.8. The van der Waals surface area contributed by atoms with Crippen molar-refractivity contribution in [2.45, 2.75) is 32.0 Å². The highest BCUT2D eigenvalue weighted by Gasteiger charge is 2.34. The highest BCUT2D eigenvalue weighted by molar-refractivity contribution is 5.94. The van der Waals surface area contributed by atoms with E-state index in [1.54, 1.807) is 6.07 Å². The molecule has 2 aromatic rings. The zero-order valence-electron chi connectivity index (χ0n) is 19.8. The molecule has 0 saturated carbocycles. The summed E-state index contributed by atoms with van der Waals surface area (Å²) in [6.07, 6.45) is 1.97. The molecule has 0 radical (unpaired) electrons. The fraction of sp³-hybridized carbons (Fsp3) is 0.444. The minimum absolute atomic E-state index is 0.0452. The molecule has 33 heavy (non-hydrogen) atoms. The Kier molecular flexibility index (Phi) is 7.48. The molecule has 176 valence electrons. The quantitative estimate of drug-likeness (QED) is 0.665. The Balaban J connectivity index is 1.69. The molecule has 0 aliphatic carbocycles. The van der Waals surface area contributed by atoms with Gasteiger partial charge in [0.05, 0.1) is 6.04 Å². The predicted octanol–water partition coefficient (Wildman–Crippen LogP) is 3.11. The van der Waals surface area contributed by atoms with Crippen LogP contribution in [0.3, 0.4) is 0 Å². The first-order valence-corrected chi connectivity index (χ1v) is 12.0. The van der Waals surface area contributed by atoms with E-state index in [1.807, 2.05) is 41.3 Å². The Morgan fingerprint density at radius 1 is 1.09 bits per heavy atom. The minimum atomic E-state index is -0.0452. The molecule has 2 N–H and O–H groups in total. The lowest BCUT2D eigenvalue weighted by Crippen LogP contribution is -2.57. The van der Waals surface area contributed by atoms with Gasteiger partial charge in [0.2, 0.25) is 0 Å². The standard InChI is InChI=1S/C27H36N4O2/c1-4-13-30-18-21(3)31(19-20(30)2)26(23-8-6-10-25(32)17-23)22-7-5-9-24(16-22)27(33)29-14-11-28-12-15-29/h4-10,16-17,20-21,26,28,32H,1,11-15,18-19H2,2-3H3/t20-,21+,26-/m1/s1. The molecule has 0 aromatic heterocycles. The number of phenolic OH excluding ortho intramolecular Hbond substituents is 1. The molecule has 0 spiro atoms. The number of nitrogens with zero attached hydrogens (tertiary/aromatic N) is 3. The van der Waals surface area contributed by atoms with Gasteiger partial charge in [-0.1, -0.05) is 30.3 Å². The molecule has 2 aliphatic heterocycles. The Bertz CT molecular complexity index is 972. The van der Waals surface area contributed by atoms with Crippen LogP contribution < -0.4 is 5.32 Å². The van der Waals surface area contributed by atoms with Crippen LogP contribution in [0.5, 0.6) is 5.75 Å². The summed E-state index contributed by atoms with van der Waals surface area (Å²) >= 11 is 0. The van der Waals surface area contributed by atoms with Crippen LogP contribution in [-0.4, -0.2) is 83.6 Å². The molecular formula is C27H36N4O2. The highest BCUT2D eigenvalue weighted by Crippen LogP contribution is 2.35. The van der Waals surface area contributed by atoms with Crippen molar-refractivity contribution in [3.63, 3.8) is 0 Å². The van der Waals surface area contributed by atoms with Crippen molar-refractivity contribution in [2.24, 2.45) is 0 Å². The highest BCUT2D eigenvalue weighted by atomic mass is 16.3. The second kappa shape index (κ2) is 10.5. The first kappa shape index (κ1) is 23.5. The van der Waals surface area contributed by atoms with Crippen LogP contribution >= 0.6 is 0 Å². The number of rotatable bonds is 6.